The summed E-state index contributed by atoms with van der Waals surface area (Å²) in [6.07, 6.45) is 4.52. The average Bonchev–Trinajstić information content (AvgIpc) is 2.96. The minimum absolute atomic E-state index is 0.160. The molecule has 1 fully saturated rings. The van der Waals surface area contributed by atoms with E-state index in [1.54, 1.807) is 0 Å². The fourth-order valence-electron chi connectivity index (χ4n) is 3.62. The predicted molar refractivity (Wildman–Crippen MR) is 99.1 cm³/mol. The summed E-state index contributed by atoms with van der Waals surface area (Å²) in [6, 6.07) is 15.1. The monoisotopic (exact) mass is 338 g/mol. The van der Waals surface area contributed by atoms with Crippen molar-refractivity contribution in [2.75, 3.05) is 5.32 Å². The van der Waals surface area contributed by atoms with Crippen LogP contribution in [-0.4, -0.2) is 21.6 Å². The molecule has 2 atom stereocenters. The van der Waals surface area contributed by atoms with Gasteiger partial charge in [0.2, 0.25) is 5.95 Å². The smallest absolute Gasteiger partial charge is 0.204 e. The first-order valence-electron chi connectivity index (χ1n) is 8.92. The molecule has 1 saturated carbocycles. The Labute approximate surface area is 146 Å². The van der Waals surface area contributed by atoms with E-state index in [0.29, 0.717) is 6.54 Å². The lowest BCUT2D eigenvalue weighted by molar-refractivity contribution is 0.401. The number of hydrogen-bond acceptors (Lipinski definition) is 3. The van der Waals surface area contributed by atoms with Crippen molar-refractivity contribution in [3.05, 3.63) is 59.9 Å². The van der Waals surface area contributed by atoms with Crippen LogP contribution >= 0.6 is 0 Å². The van der Waals surface area contributed by atoms with Crippen LogP contribution in [0.1, 0.15) is 31.2 Å². The van der Waals surface area contributed by atoms with Gasteiger partial charge in [-0.05, 0) is 42.7 Å². The SMILES string of the molecule is NC1CCCCC1Nc1nc2ccccc2n1Cc1ccc(F)cc1. The van der Waals surface area contributed by atoms with Gasteiger partial charge >= 0.3 is 0 Å². The fourth-order valence-corrected chi connectivity index (χ4v) is 3.62. The van der Waals surface area contributed by atoms with Crippen LogP contribution in [0.3, 0.4) is 0 Å². The zero-order valence-corrected chi connectivity index (χ0v) is 14.2. The highest BCUT2D eigenvalue weighted by Gasteiger charge is 2.23. The van der Waals surface area contributed by atoms with Crippen LogP contribution < -0.4 is 11.1 Å². The molecule has 4 rings (SSSR count). The summed E-state index contributed by atoms with van der Waals surface area (Å²) >= 11 is 0. The molecular weight excluding hydrogens is 315 g/mol. The molecule has 0 saturated heterocycles. The van der Waals surface area contributed by atoms with Crippen molar-refractivity contribution in [1.29, 1.82) is 0 Å². The standard InChI is InChI=1S/C20H23FN4/c21-15-11-9-14(10-12-15)13-25-19-8-4-3-7-18(19)24-20(25)23-17-6-2-1-5-16(17)22/h3-4,7-12,16-17H,1-2,5-6,13,22H2,(H,23,24). The van der Waals surface area contributed by atoms with Crippen molar-refractivity contribution >= 4 is 17.0 Å². The molecule has 0 bridgehead atoms. The van der Waals surface area contributed by atoms with E-state index in [9.17, 15) is 4.39 Å². The zero-order chi connectivity index (χ0) is 17.2. The van der Waals surface area contributed by atoms with Gasteiger partial charge in [-0.2, -0.15) is 0 Å². The minimum atomic E-state index is -0.217. The molecule has 1 aromatic heterocycles. The largest absolute Gasteiger partial charge is 0.351 e. The van der Waals surface area contributed by atoms with Crippen LogP contribution in [0.2, 0.25) is 0 Å². The minimum Gasteiger partial charge on any atom is -0.351 e. The van der Waals surface area contributed by atoms with E-state index in [1.165, 1.54) is 25.0 Å². The molecule has 0 radical (unpaired) electrons. The second kappa shape index (κ2) is 6.84. The number of hydrogen-bond donors (Lipinski definition) is 2. The number of aromatic nitrogens is 2. The molecule has 5 heteroatoms. The molecule has 0 aliphatic heterocycles. The maximum atomic E-state index is 13.2. The molecule has 1 aliphatic rings. The molecule has 3 aromatic rings. The van der Waals surface area contributed by atoms with Gasteiger partial charge in [-0.25, -0.2) is 9.37 Å². The van der Waals surface area contributed by atoms with Crippen molar-refractivity contribution in [2.24, 2.45) is 5.73 Å². The third-order valence-electron chi connectivity index (χ3n) is 5.04. The van der Waals surface area contributed by atoms with Gasteiger partial charge in [0.1, 0.15) is 5.82 Å². The van der Waals surface area contributed by atoms with Crippen molar-refractivity contribution in [1.82, 2.24) is 9.55 Å². The maximum absolute atomic E-state index is 13.2. The summed E-state index contributed by atoms with van der Waals surface area (Å²) in [5.74, 6) is 0.624. The first kappa shape index (κ1) is 16.1. The van der Waals surface area contributed by atoms with Crippen molar-refractivity contribution in [3.8, 4) is 0 Å². The number of rotatable bonds is 4. The van der Waals surface area contributed by atoms with Crippen LogP contribution in [0.4, 0.5) is 10.3 Å². The third-order valence-corrected chi connectivity index (χ3v) is 5.04. The van der Waals surface area contributed by atoms with Crippen LogP contribution in [0.25, 0.3) is 11.0 Å². The second-order valence-electron chi connectivity index (χ2n) is 6.84. The number of nitrogens with one attached hydrogen (secondary N) is 1. The van der Waals surface area contributed by atoms with Gasteiger partial charge in [0.25, 0.3) is 0 Å². The molecule has 2 unspecified atom stereocenters. The summed E-state index contributed by atoms with van der Waals surface area (Å²) in [6.45, 7) is 0.644. The second-order valence-corrected chi connectivity index (χ2v) is 6.84. The Morgan fingerprint density at radius 3 is 2.64 bits per heavy atom. The van der Waals surface area contributed by atoms with E-state index in [4.69, 9.17) is 10.7 Å². The topological polar surface area (TPSA) is 55.9 Å². The summed E-state index contributed by atoms with van der Waals surface area (Å²) in [5, 5.41) is 3.57. The normalized spacial score (nSPS) is 20.7. The Balaban J connectivity index is 1.68. The summed E-state index contributed by atoms with van der Waals surface area (Å²) in [4.78, 5) is 4.78. The number of nitrogens with zero attached hydrogens (tertiary/aromatic N) is 2. The van der Waals surface area contributed by atoms with Gasteiger partial charge in [0.15, 0.2) is 0 Å². The zero-order valence-electron chi connectivity index (χ0n) is 14.2. The summed E-state index contributed by atoms with van der Waals surface area (Å²) in [7, 11) is 0. The third kappa shape index (κ3) is 3.37. The highest BCUT2D eigenvalue weighted by atomic mass is 19.1. The van der Waals surface area contributed by atoms with Crippen molar-refractivity contribution in [2.45, 2.75) is 44.3 Å². The molecule has 0 spiro atoms. The number of fused-ring (bicyclic) bond motifs is 1. The van der Waals surface area contributed by atoms with E-state index in [0.717, 1.165) is 35.4 Å². The Morgan fingerprint density at radius 2 is 1.84 bits per heavy atom. The van der Waals surface area contributed by atoms with Crippen molar-refractivity contribution in [3.63, 3.8) is 0 Å². The Hall–Kier alpha value is -2.40. The van der Waals surface area contributed by atoms with E-state index in [-0.39, 0.29) is 17.9 Å². The molecule has 2 aromatic carbocycles. The first-order valence-corrected chi connectivity index (χ1v) is 8.92. The molecular formula is C20H23FN4. The molecule has 1 heterocycles. The van der Waals surface area contributed by atoms with E-state index in [2.05, 4.69) is 16.0 Å². The molecule has 0 amide bonds. The van der Waals surface area contributed by atoms with Gasteiger partial charge in [-0.15, -0.1) is 0 Å². The molecule has 25 heavy (non-hydrogen) atoms. The predicted octanol–water partition coefficient (Wildman–Crippen LogP) is 3.91. The Bertz CT molecular complexity index is 856. The Morgan fingerprint density at radius 1 is 1.08 bits per heavy atom. The van der Waals surface area contributed by atoms with E-state index >= 15 is 0 Å². The molecule has 1 aliphatic carbocycles. The lowest BCUT2D eigenvalue weighted by Crippen LogP contribution is -2.43. The fraction of sp³-hybridized carbons (Fsp3) is 0.350. The number of imidazole rings is 1. The highest BCUT2D eigenvalue weighted by molar-refractivity contribution is 5.78. The van der Waals surface area contributed by atoms with Gasteiger partial charge in [-0.3, -0.25) is 0 Å². The quantitative estimate of drug-likeness (QED) is 0.758. The average molecular weight is 338 g/mol. The lowest BCUT2D eigenvalue weighted by atomic mass is 9.91. The lowest BCUT2D eigenvalue weighted by Gasteiger charge is -2.29. The van der Waals surface area contributed by atoms with Gasteiger partial charge in [0.05, 0.1) is 17.6 Å². The van der Waals surface area contributed by atoms with Crippen LogP contribution in [0.15, 0.2) is 48.5 Å². The van der Waals surface area contributed by atoms with Gasteiger partial charge < -0.3 is 15.6 Å². The summed E-state index contributed by atoms with van der Waals surface area (Å²) < 4.78 is 15.4. The molecule has 130 valence electrons. The number of halogens is 1. The number of para-hydroxylation sites is 2. The number of nitrogens with two attached hydrogens (primary N) is 1. The maximum Gasteiger partial charge on any atom is 0.204 e. The first-order chi connectivity index (χ1) is 12.2. The van der Waals surface area contributed by atoms with E-state index in [1.807, 2.05) is 30.3 Å². The van der Waals surface area contributed by atoms with E-state index < -0.39 is 0 Å². The highest BCUT2D eigenvalue weighted by Crippen LogP contribution is 2.25. The van der Waals surface area contributed by atoms with Gasteiger partial charge in [0, 0.05) is 12.1 Å². The van der Waals surface area contributed by atoms with Crippen molar-refractivity contribution < 1.29 is 4.39 Å². The summed E-state index contributed by atoms with van der Waals surface area (Å²) in [5.41, 5.74) is 9.36. The van der Waals surface area contributed by atoms with Crippen LogP contribution in [0, 0.1) is 5.82 Å². The number of benzene rings is 2. The molecule has 4 nitrogen and oxygen atoms in total. The Kier molecular flexibility index (Phi) is 4.40. The molecule has 3 N–H and O–H groups in total. The van der Waals surface area contributed by atoms with Crippen LogP contribution in [-0.2, 0) is 6.54 Å². The van der Waals surface area contributed by atoms with Crippen LogP contribution in [0.5, 0.6) is 0 Å². The number of anilines is 1. The van der Waals surface area contributed by atoms with Gasteiger partial charge in [-0.1, -0.05) is 37.1 Å².